The first-order chi connectivity index (χ1) is 13.9. The van der Waals surface area contributed by atoms with Crippen LogP contribution in [-0.2, 0) is 17.9 Å². The van der Waals surface area contributed by atoms with E-state index in [1.54, 1.807) is 24.3 Å². The largest absolute Gasteiger partial charge is 0.368 e. The second-order valence-corrected chi connectivity index (χ2v) is 7.14. The molecule has 8 nitrogen and oxygen atoms in total. The van der Waals surface area contributed by atoms with E-state index in [-0.39, 0.29) is 5.91 Å². The van der Waals surface area contributed by atoms with Crippen LogP contribution in [0.5, 0.6) is 0 Å². The molecule has 0 radical (unpaired) electrons. The molecule has 1 aliphatic rings. The first-order valence-corrected chi connectivity index (χ1v) is 9.62. The maximum Gasteiger partial charge on any atom is 0.315 e. The Labute approximate surface area is 169 Å². The van der Waals surface area contributed by atoms with Crippen LogP contribution in [0.3, 0.4) is 0 Å². The number of carbonyl (C=O) groups is 3. The number of rotatable bonds is 7. The normalized spacial score (nSPS) is 13.6. The Kier molecular flexibility index (Phi) is 6.11. The monoisotopic (exact) mass is 395 g/mol. The first kappa shape index (κ1) is 20.3. The summed E-state index contributed by atoms with van der Waals surface area (Å²) in [6, 6.07) is 9.66. The van der Waals surface area contributed by atoms with Gasteiger partial charge in [0.05, 0.1) is 17.9 Å². The summed E-state index contributed by atoms with van der Waals surface area (Å²) in [4.78, 5) is 41.5. The molecular formula is C21H25N5O3. The van der Waals surface area contributed by atoms with Gasteiger partial charge < -0.3 is 21.7 Å². The number of nitrogens with one attached hydrogen (secondary N) is 1. The molecule has 8 heteroatoms. The van der Waals surface area contributed by atoms with Crippen LogP contribution in [0.15, 0.2) is 36.4 Å². The molecule has 2 aromatic rings. The lowest BCUT2D eigenvalue weighted by Crippen LogP contribution is -2.44. The molecule has 2 heterocycles. The number of carbonyl (C=O) groups excluding carboxylic acids is 3. The van der Waals surface area contributed by atoms with E-state index in [0.29, 0.717) is 25.1 Å². The standard InChI is InChI=1S/C21H25N5O3/c1-2-3-4-17(19(22)27)25-20(28)14-7-5-13(6-8-14)16-10-9-15-11-26(21(23)29)12-18(15)24-16/h5-10,17H,2-4,11-12H2,1H3,(H2,22,27)(H2,23,29)(H,25,28). The smallest absolute Gasteiger partial charge is 0.315 e. The number of aromatic nitrogens is 1. The number of urea groups is 1. The molecule has 0 spiro atoms. The van der Waals surface area contributed by atoms with Crippen LogP contribution >= 0.6 is 0 Å². The number of nitrogens with zero attached hydrogens (tertiary/aromatic N) is 2. The Morgan fingerprint density at radius 3 is 2.45 bits per heavy atom. The number of unbranched alkanes of at least 4 members (excludes halogenated alkanes) is 1. The zero-order valence-electron chi connectivity index (χ0n) is 16.4. The molecule has 1 aromatic carbocycles. The highest BCUT2D eigenvalue weighted by molar-refractivity contribution is 5.97. The average Bonchev–Trinajstić information content (AvgIpc) is 3.14. The predicted molar refractivity (Wildman–Crippen MR) is 108 cm³/mol. The maximum atomic E-state index is 12.4. The van der Waals surface area contributed by atoms with E-state index >= 15 is 0 Å². The van der Waals surface area contributed by atoms with E-state index in [4.69, 9.17) is 11.5 Å². The highest BCUT2D eigenvalue weighted by atomic mass is 16.2. The molecule has 0 aliphatic carbocycles. The number of nitrogens with two attached hydrogens (primary N) is 2. The van der Waals surface area contributed by atoms with Crippen molar-refractivity contribution in [1.29, 1.82) is 0 Å². The van der Waals surface area contributed by atoms with Crippen molar-refractivity contribution in [2.75, 3.05) is 0 Å². The first-order valence-electron chi connectivity index (χ1n) is 9.62. The van der Waals surface area contributed by atoms with Crippen molar-refractivity contribution in [3.05, 3.63) is 53.2 Å². The van der Waals surface area contributed by atoms with Crippen LogP contribution in [0.4, 0.5) is 4.79 Å². The summed E-state index contributed by atoms with van der Waals surface area (Å²) in [5.41, 5.74) is 14.6. The summed E-state index contributed by atoms with van der Waals surface area (Å²) in [6.45, 7) is 2.87. The van der Waals surface area contributed by atoms with Gasteiger partial charge in [0.2, 0.25) is 5.91 Å². The minimum absolute atomic E-state index is 0.338. The van der Waals surface area contributed by atoms with E-state index in [1.807, 2.05) is 19.1 Å². The van der Waals surface area contributed by atoms with Gasteiger partial charge in [0.15, 0.2) is 0 Å². The summed E-state index contributed by atoms with van der Waals surface area (Å²) in [5, 5.41) is 2.70. The molecule has 0 fully saturated rings. The number of hydrogen-bond donors (Lipinski definition) is 3. The van der Waals surface area contributed by atoms with Gasteiger partial charge in [-0.3, -0.25) is 14.6 Å². The van der Waals surface area contributed by atoms with Gasteiger partial charge in [0.25, 0.3) is 5.91 Å². The number of amides is 4. The molecule has 1 aliphatic heterocycles. The third-order valence-corrected chi connectivity index (χ3v) is 5.02. The second-order valence-electron chi connectivity index (χ2n) is 7.14. The van der Waals surface area contributed by atoms with Crippen molar-refractivity contribution in [2.45, 2.75) is 45.3 Å². The topological polar surface area (TPSA) is 131 Å². The van der Waals surface area contributed by atoms with Gasteiger partial charge >= 0.3 is 6.03 Å². The average molecular weight is 395 g/mol. The molecule has 0 saturated carbocycles. The maximum absolute atomic E-state index is 12.4. The van der Waals surface area contributed by atoms with Gasteiger partial charge in [-0.25, -0.2) is 4.79 Å². The van der Waals surface area contributed by atoms with Crippen LogP contribution in [-0.4, -0.2) is 33.8 Å². The molecule has 5 N–H and O–H groups in total. The van der Waals surface area contributed by atoms with Gasteiger partial charge in [-0.05, 0) is 30.2 Å². The molecule has 4 amide bonds. The van der Waals surface area contributed by atoms with Crippen LogP contribution < -0.4 is 16.8 Å². The summed E-state index contributed by atoms with van der Waals surface area (Å²) in [7, 11) is 0. The van der Waals surface area contributed by atoms with Gasteiger partial charge in [0.1, 0.15) is 6.04 Å². The van der Waals surface area contributed by atoms with Crippen molar-refractivity contribution < 1.29 is 14.4 Å². The summed E-state index contributed by atoms with van der Waals surface area (Å²) >= 11 is 0. The highest BCUT2D eigenvalue weighted by Crippen LogP contribution is 2.25. The summed E-state index contributed by atoms with van der Waals surface area (Å²) in [5.74, 6) is -0.869. The predicted octanol–water partition coefficient (Wildman–Crippen LogP) is 1.92. The van der Waals surface area contributed by atoms with Gasteiger partial charge in [-0.1, -0.05) is 38.0 Å². The number of pyridine rings is 1. The fraction of sp³-hybridized carbons (Fsp3) is 0.333. The van der Waals surface area contributed by atoms with Crippen molar-refractivity contribution in [2.24, 2.45) is 11.5 Å². The van der Waals surface area contributed by atoms with Crippen molar-refractivity contribution in [1.82, 2.24) is 15.2 Å². The molecule has 0 saturated heterocycles. The Hall–Kier alpha value is -3.42. The number of primary amides is 2. The molecule has 152 valence electrons. The lowest BCUT2D eigenvalue weighted by molar-refractivity contribution is -0.120. The third kappa shape index (κ3) is 4.71. The van der Waals surface area contributed by atoms with Crippen LogP contribution in [0.1, 0.15) is 47.8 Å². The second kappa shape index (κ2) is 8.72. The third-order valence-electron chi connectivity index (χ3n) is 5.02. The Morgan fingerprint density at radius 2 is 1.83 bits per heavy atom. The number of fused-ring (bicyclic) bond motifs is 1. The zero-order valence-corrected chi connectivity index (χ0v) is 16.4. The van der Waals surface area contributed by atoms with Crippen molar-refractivity contribution in [3.63, 3.8) is 0 Å². The Morgan fingerprint density at radius 1 is 1.10 bits per heavy atom. The SMILES string of the molecule is CCCCC(NC(=O)c1ccc(-c2ccc3c(n2)CN(C(N)=O)C3)cc1)C(N)=O. The molecule has 1 atom stereocenters. The zero-order chi connectivity index (χ0) is 21.0. The van der Waals surface area contributed by atoms with Gasteiger partial charge in [-0.2, -0.15) is 0 Å². The molecular weight excluding hydrogens is 370 g/mol. The highest BCUT2D eigenvalue weighted by Gasteiger charge is 2.23. The van der Waals surface area contributed by atoms with Gasteiger partial charge in [0, 0.05) is 17.7 Å². The summed E-state index contributed by atoms with van der Waals surface area (Å²) < 4.78 is 0. The Balaban J connectivity index is 1.71. The van der Waals surface area contributed by atoms with E-state index in [1.165, 1.54) is 4.90 Å². The molecule has 29 heavy (non-hydrogen) atoms. The number of benzene rings is 1. The molecule has 3 rings (SSSR count). The minimum Gasteiger partial charge on any atom is -0.368 e. The Bertz CT molecular complexity index is 926. The van der Waals surface area contributed by atoms with E-state index in [0.717, 1.165) is 35.4 Å². The van der Waals surface area contributed by atoms with Crippen molar-refractivity contribution >= 4 is 17.8 Å². The van der Waals surface area contributed by atoms with Crippen LogP contribution in [0, 0.1) is 0 Å². The van der Waals surface area contributed by atoms with Crippen molar-refractivity contribution in [3.8, 4) is 11.3 Å². The van der Waals surface area contributed by atoms with Crippen LogP contribution in [0.25, 0.3) is 11.3 Å². The van der Waals surface area contributed by atoms with Crippen LogP contribution in [0.2, 0.25) is 0 Å². The lowest BCUT2D eigenvalue weighted by atomic mass is 10.1. The fourth-order valence-corrected chi connectivity index (χ4v) is 3.30. The fourth-order valence-electron chi connectivity index (χ4n) is 3.30. The lowest BCUT2D eigenvalue weighted by Gasteiger charge is -2.15. The van der Waals surface area contributed by atoms with Gasteiger partial charge in [-0.15, -0.1) is 0 Å². The molecule has 1 unspecified atom stereocenters. The summed E-state index contributed by atoms with van der Waals surface area (Å²) in [6.07, 6.45) is 2.25. The minimum atomic E-state index is -0.672. The van der Waals surface area contributed by atoms with E-state index < -0.39 is 18.0 Å². The molecule has 1 aromatic heterocycles. The quantitative estimate of drug-likeness (QED) is 0.661. The van der Waals surface area contributed by atoms with E-state index in [9.17, 15) is 14.4 Å². The van der Waals surface area contributed by atoms with E-state index in [2.05, 4.69) is 10.3 Å². The number of hydrogen-bond acceptors (Lipinski definition) is 4. The molecule has 0 bridgehead atoms.